The van der Waals surface area contributed by atoms with Gasteiger partial charge in [-0.15, -0.1) is 0 Å². The van der Waals surface area contributed by atoms with E-state index in [0.29, 0.717) is 40.7 Å². The summed E-state index contributed by atoms with van der Waals surface area (Å²) in [4.78, 5) is 188. The van der Waals surface area contributed by atoms with Gasteiger partial charge in [-0.2, -0.15) is 24.9 Å². The van der Waals surface area contributed by atoms with Crippen LogP contribution in [0.3, 0.4) is 0 Å². The Bertz CT molecular complexity index is 6010. The third-order valence-corrected chi connectivity index (χ3v) is 32.4. The van der Waals surface area contributed by atoms with Crippen molar-refractivity contribution >= 4 is 140 Å². The van der Waals surface area contributed by atoms with Gasteiger partial charge in [-0.05, 0) is 119 Å². The molecule has 30 atom stereocenters. The van der Waals surface area contributed by atoms with Crippen LogP contribution in [0.2, 0.25) is 0 Å². The summed E-state index contributed by atoms with van der Waals surface area (Å²) in [6, 6.07) is 0. The number of nitrogen functional groups attached to an aromatic ring is 5. The molecule has 6 saturated heterocycles. The highest BCUT2D eigenvalue weighted by Gasteiger charge is 2.56. The minimum absolute atomic E-state index is 0.0185. The minimum atomic E-state index is -4.78. The number of aliphatic hydroxyl groups excluding tert-OH is 1. The monoisotopic (exact) mass is 2070 g/mol. The molecular weight excluding hydrogens is 1970 g/mol. The highest BCUT2D eigenvalue weighted by atomic mass is 32.5. The molecule has 12 heterocycles. The summed E-state index contributed by atoms with van der Waals surface area (Å²) in [5.41, 5.74) is 26.1. The second-order valence-corrected chi connectivity index (χ2v) is 49.3. The van der Waals surface area contributed by atoms with E-state index in [1.807, 2.05) is 6.92 Å². The Kier molecular flexibility index (Phi) is 33.6. The lowest BCUT2D eigenvalue weighted by Crippen LogP contribution is -2.35. The van der Waals surface area contributed by atoms with E-state index >= 15 is 0 Å². The summed E-state index contributed by atoms with van der Waals surface area (Å²) in [5, 5.41) is 10.5. The van der Waals surface area contributed by atoms with Gasteiger partial charge in [-0.25, -0.2) is 28.8 Å². The first kappa shape index (κ1) is 105. The molecule has 0 bridgehead atoms. The number of aromatic amines is 1. The maximum absolute atomic E-state index is 13.8. The van der Waals surface area contributed by atoms with E-state index in [2.05, 4.69) is 29.9 Å². The van der Waals surface area contributed by atoms with Crippen molar-refractivity contribution in [3.63, 3.8) is 0 Å². The molecule has 6 aromatic rings. The van der Waals surface area contributed by atoms with Crippen LogP contribution in [0, 0.1) is 77.0 Å². The van der Waals surface area contributed by atoms with Crippen LogP contribution in [-0.2, 0) is 154 Å². The minimum Gasteiger partial charge on any atom is -0.394 e. The van der Waals surface area contributed by atoms with Gasteiger partial charge in [0.25, 0.3) is 5.56 Å². The summed E-state index contributed by atoms with van der Waals surface area (Å²) in [6.45, 7) is -11.1. The van der Waals surface area contributed by atoms with Crippen LogP contribution in [0.15, 0.2) is 70.7 Å². The number of hydrogen-bond donors (Lipinski definition) is 13. The molecule has 131 heavy (non-hydrogen) atoms. The first-order chi connectivity index (χ1) is 61.1. The van der Waals surface area contributed by atoms with Crippen molar-refractivity contribution in [1.29, 1.82) is 0 Å². The molecule has 0 amide bonds. The zero-order chi connectivity index (χ0) is 96.3. The van der Waals surface area contributed by atoms with Crippen molar-refractivity contribution < 1.29 is 117 Å². The van der Waals surface area contributed by atoms with Crippen LogP contribution in [0.25, 0.3) is 0 Å². The Morgan fingerprint density at radius 1 is 0.344 bits per heavy atom. The van der Waals surface area contributed by atoms with E-state index in [0.717, 1.165) is 27.4 Å². The molecule has 61 heteroatoms. The highest BCUT2D eigenvalue weighted by Crippen LogP contribution is 2.60. The smallest absolute Gasteiger partial charge is 0.351 e. The van der Waals surface area contributed by atoms with E-state index in [4.69, 9.17) is 182 Å². The fraction of sp³-hybridized carbons (Fsp3) is 0.657. The first-order valence-electron chi connectivity index (χ1n) is 40.7. The van der Waals surface area contributed by atoms with Crippen LogP contribution in [0.1, 0.15) is 132 Å². The molecule has 12 rings (SSSR count). The number of anilines is 5. The normalized spacial score (nSPS) is 32.0. The van der Waals surface area contributed by atoms with Gasteiger partial charge in [0.05, 0.1) is 46.2 Å². The van der Waals surface area contributed by atoms with Gasteiger partial charge >= 0.3 is 74.5 Å². The molecule has 0 aliphatic carbocycles. The zero-order valence-electron chi connectivity index (χ0n) is 72.5. The molecule has 18 N–H and O–H groups in total. The van der Waals surface area contributed by atoms with Gasteiger partial charge < -0.3 is 146 Å². The highest BCUT2D eigenvalue weighted by molar-refractivity contribution is 8.08. The molecular formula is C70H105N17O32P6S6. The van der Waals surface area contributed by atoms with Crippen LogP contribution >= 0.6 is 40.3 Å². The van der Waals surface area contributed by atoms with E-state index in [1.54, 1.807) is 62.3 Å². The fourth-order valence-electron chi connectivity index (χ4n) is 15.9. The number of unbranched alkanes of at least 4 members (excludes halogenated alkanes) is 1. The first-order valence-corrected chi connectivity index (χ1v) is 56.2. The lowest BCUT2D eigenvalue weighted by atomic mass is 10.0. The van der Waals surface area contributed by atoms with Crippen molar-refractivity contribution in [3.05, 3.63) is 144 Å². The topological polar surface area (TPSA) is 667 Å². The van der Waals surface area contributed by atoms with Crippen LogP contribution in [0.5, 0.6) is 0 Å². The van der Waals surface area contributed by atoms with E-state index in [-0.39, 0.29) is 41.3 Å². The number of nitrogens with zero attached hydrogens (tertiary/aromatic N) is 11. The van der Waals surface area contributed by atoms with Gasteiger partial charge in [-0.3, -0.25) is 37.2 Å². The molecule has 6 aliphatic heterocycles. The van der Waals surface area contributed by atoms with Crippen molar-refractivity contribution in [2.75, 3.05) is 74.9 Å². The summed E-state index contributed by atoms with van der Waals surface area (Å²) in [7, 11) is 0. The second kappa shape index (κ2) is 42.0. The lowest BCUT2D eigenvalue weighted by Gasteiger charge is -2.30. The Morgan fingerprint density at radius 2 is 0.542 bits per heavy atom. The molecule has 0 aromatic carbocycles. The number of rotatable bonds is 38. The summed E-state index contributed by atoms with van der Waals surface area (Å²) in [5.74, 6) is -6.22. The summed E-state index contributed by atoms with van der Waals surface area (Å²) in [6.07, 6.45) is -15.0. The summed E-state index contributed by atoms with van der Waals surface area (Å²) >= 11 is 33.8. The molecule has 49 nitrogen and oxygen atoms in total. The predicted molar refractivity (Wildman–Crippen MR) is 489 cm³/mol. The Balaban J connectivity index is 0.776. The van der Waals surface area contributed by atoms with Crippen molar-refractivity contribution in [1.82, 2.24) is 57.3 Å². The molecule has 0 radical (unpaired) electrons. The maximum Gasteiger partial charge on any atom is 0.351 e. The number of hydrogen-bond acceptors (Lipinski definition) is 42. The molecule has 12 unspecified atom stereocenters. The average Bonchev–Trinajstić information content (AvgIpc) is 1.65. The second-order valence-electron chi connectivity index (χ2n) is 32.6. The lowest BCUT2D eigenvalue weighted by molar-refractivity contribution is -0.0588. The SMILES string of the molecule is CCCCOP(O)(=S)OC1[C@@H](COP(O)(=S)OC2[C@@H](COP(O)(=S)OC3[C@@H](COP(O)(=S)OC4[C@@H](COP(O)(=S)OC5[C@@H](COP(O)(=S)OC6[C@@H](CO)O[C@@H](n7cc(C)c(N)nc7=O)[C@H]6C)O[C@@H](n6cc(C)c(N)nc6=O)[C@H]5C)O[C@@H](n5cc(C)c(N)nc5=O)[C@H]4C)O[C@@H](n4cc(C)c(N)nc4=O)[C@H]3C)O[C@@H](n3cc(C)c(N)nc3=O)[C@H]2C)O[C@@H](n2cc(C)c(=O)[nH]c2=O)[C@H]1C. The third-order valence-electron chi connectivity index (χ3n) is 23.0. The molecule has 0 spiro atoms. The van der Waals surface area contributed by atoms with Gasteiger partial charge in [0.2, 0.25) is 0 Å². The number of aromatic nitrogens is 12. The van der Waals surface area contributed by atoms with Crippen molar-refractivity contribution in [2.24, 2.45) is 35.5 Å². The predicted octanol–water partition coefficient (Wildman–Crippen LogP) is 2.29. The van der Waals surface area contributed by atoms with Crippen LogP contribution < -0.4 is 68.4 Å². The standard InChI is InChI=1S/C70H105N17O32P6S6/c1-14-15-16-102-120(96,126)115-48-36(9)64(87-22-34(7)58(89)81-70(87)95)113-42(48)24-104-122(98,128)117-50-38(11)61(84-19-31(4)55(73)78-67(84)92)110-44(50)26-106-124(100,130)119-52-40(13)63(86-21-33(6)57(75)80-69(86)94)112-46(52)28-107-125(101,131)118-51-39(12)62(85-20-32(5)56(74)79-68(85)93)111-45(51)27-105-123(99,129)116-49-37(10)60(83-18-30(3)54(72)77-66(83)91)109-43(49)25-103-121(97,127)114-47-35(8)59(108-41(47)23-88)82-17-29(2)53(71)76-65(82)90/h17-22,35-52,59-64,88H,14-16,23-28H2,1-13H3,(H,96,126)(H,97,127)(H,98,128)(H,99,129)(H,100,130)(H,101,131)(H2,71,76,90)(H2,72,77,91)(H2,73,78,92)(H2,74,79,93)(H2,75,80,94)(H,81,89,95)/t35-,36-,37-,38-,39-,40-,41+,42+,43+,44+,45+,46+,47?,48?,49?,50?,51?,52?,59+,60+,61+,62+,63+,64+,120?,121?,122?,123?,124?,125?/m0/s1. The number of nitrogens with one attached hydrogen (secondary N) is 1. The van der Waals surface area contributed by atoms with Crippen molar-refractivity contribution in [2.45, 2.75) is 213 Å². The molecule has 0 saturated carbocycles. The number of nitrogens with two attached hydrogens (primary N) is 5. The number of H-pyrrole nitrogens is 1. The van der Waals surface area contributed by atoms with Gasteiger partial charge in [0, 0.05) is 106 Å². The van der Waals surface area contributed by atoms with Crippen molar-refractivity contribution in [3.8, 4) is 0 Å². The Labute approximate surface area is 777 Å². The number of aryl methyl sites for hydroxylation is 6. The molecule has 728 valence electrons. The van der Waals surface area contributed by atoms with Gasteiger partial charge in [0.1, 0.15) is 140 Å². The quantitative estimate of drug-likeness (QED) is 0.0195. The van der Waals surface area contributed by atoms with E-state index in [9.17, 15) is 68.0 Å². The van der Waals surface area contributed by atoms with Crippen LogP contribution in [-0.4, -0.2) is 211 Å². The van der Waals surface area contributed by atoms with E-state index in [1.165, 1.54) is 58.0 Å². The number of ether oxygens (including phenoxy) is 6. The molecule has 6 aliphatic rings. The largest absolute Gasteiger partial charge is 0.394 e. The Morgan fingerprint density at radius 3 is 0.763 bits per heavy atom. The Hall–Kier alpha value is -5.02. The number of aliphatic hydroxyl groups is 1. The van der Waals surface area contributed by atoms with E-state index < -0.39 is 266 Å². The maximum atomic E-state index is 13.8. The summed E-state index contributed by atoms with van der Waals surface area (Å²) < 4.78 is 118. The molecule has 6 fully saturated rings. The average molecular weight is 2070 g/mol. The van der Waals surface area contributed by atoms with Crippen LogP contribution in [0.4, 0.5) is 29.1 Å². The van der Waals surface area contributed by atoms with Gasteiger partial charge in [-0.1, -0.05) is 54.9 Å². The zero-order valence-corrected chi connectivity index (χ0v) is 82.7. The molecule has 6 aromatic heterocycles. The van der Waals surface area contributed by atoms with Gasteiger partial charge in [0.15, 0.2) is 0 Å². The third kappa shape index (κ3) is 24.3. The fourth-order valence-corrected chi connectivity index (χ4v) is 25.0.